The van der Waals surface area contributed by atoms with Crippen molar-refractivity contribution in [1.82, 2.24) is 0 Å². The van der Waals surface area contributed by atoms with E-state index in [4.69, 9.17) is 0 Å². The molecular formula is C13H12FeO-6. The Hall–Kier alpha value is -1.37. The van der Waals surface area contributed by atoms with Gasteiger partial charge in [0.15, 0.2) is 0 Å². The van der Waals surface area contributed by atoms with Crippen LogP contribution in [0.1, 0.15) is 5.56 Å². The fourth-order valence-electron chi connectivity index (χ4n) is 0.977. The summed E-state index contributed by atoms with van der Waals surface area (Å²) in [5.74, 6) is 0. The summed E-state index contributed by atoms with van der Waals surface area (Å²) >= 11 is 0. The fraction of sp³-hybridized carbons (Fsp3) is 0. The van der Waals surface area contributed by atoms with Crippen LogP contribution in [0.3, 0.4) is 0 Å². The van der Waals surface area contributed by atoms with Gasteiger partial charge in [-0.1, -0.05) is 11.1 Å². The molecule has 2 rings (SSSR count). The van der Waals surface area contributed by atoms with E-state index in [2.05, 4.69) is 6.58 Å². The van der Waals surface area contributed by atoms with E-state index in [1.54, 1.807) is 0 Å². The third kappa shape index (κ3) is 5.16. The maximum atomic E-state index is 10.1. The maximum Gasteiger partial charge on any atom is 0.0827 e. The molecule has 0 spiro atoms. The van der Waals surface area contributed by atoms with Crippen molar-refractivity contribution < 1.29 is 21.9 Å². The second-order valence-electron chi connectivity index (χ2n) is 2.78. The summed E-state index contributed by atoms with van der Waals surface area (Å²) in [7, 11) is 0. The van der Waals surface area contributed by atoms with Crippen molar-refractivity contribution in [2.45, 2.75) is 0 Å². The van der Waals surface area contributed by atoms with Crippen LogP contribution >= 0.6 is 0 Å². The van der Waals surface area contributed by atoms with E-state index in [1.807, 2.05) is 54.6 Å². The van der Waals surface area contributed by atoms with Gasteiger partial charge in [0.2, 0.25) is 0 Å². The normalized spacial score (nSPS) is 8.00. The predicted octanol–water partition coefficient (Wildman–Crippen LogP) is 3.02. The second kappa shape index (κ2) is 7.98. The van der Waals surface area contributed by atoms with E-state index in [0.717, 1.165) is 11.8 Å². The summed E-state index contributed by atoms with van der Waals surface area (Å²) in [4.78, 5) is 10.1. The Labute approximate surface area is 101 Å². The van der Waals surface area contributed by atoms with Gasteiger partial charge in [-0.3, -0.25) is 0 Å². The minimum absolute atomic E-state index is 0. The molecule has 0 saturated heterocycles. The Morgan fingerprint density at radius 3 is 1.80 bits per heavy atom. The summed E-state index contributed by atoms with van der Waals surface area (Å²) in [6.07, 6.45) is 0.759. The molecule has 0 aliphatic carbocycles. The van der Waals surface area contributed by atoms with Crippen molar-refractivity contribution in [3.8, 4) is 0 Å². The molecular weight excluding hydrogens is 228 g/mol. The number of hydrogen-bond acceptors (Lipinski definition) is 1. The van der Waals surface area contributed by atoms with Gasteiger partial charge in [-0.2, -0.15) is 18.7 Å². The van der Waals surface area contributed by atoms with Crippen LogP contribution in [0.25, 0.3) is 5.57 Å². The SMILES string of the molecule is C=C(C=O)[c-]1cccc1.[Fe].[cH-]1[cH-][cH-][cH-][cH-]1. The third-order valence-corrected chi connectivity index (χ3v) is 1.73. The Balaban J connectivity index is 0.000000280. The zero-order valence-electron chi connectivity index (χ0n) is 8.24. The topological polar surface area (TPSA) is 17.1 Å². The van der Waals surface area contributed by atoms with Gasteiger partial charge in [-0.25, -0.2) is 0 Å². The molecule has 1 nitrogen and oxygen atoms in total. The van der Waals surface area contributed by atoms with E-state index in [9.17, 15) is 4.79 Å². The van der Waals surface area contributed by atoms with E-state index in [1.165, 1.54) is 0 Å². The molecule has 2 aromatic carbocycles. The molecule has 0 N–H and O–H groups in total. The molecule has 0 fully saturated rings. The first-order chi connectivity index (χ1) is 6.84. The molecule has 2 heteroatoms. The predicted molar refractivity (Wildman–Crippen MR) is 59.2 cm³/mol. The quantitative estimate of drug-likeness (QED) is 0.341. The van der Waals surface area contributed by atoms with Crippen molar-refractivity contribution in [3.05, 3.63) is 66.7 Å². The zero-order valence-corrected chi connectivity index (χ0v) is 9.35. The molecule has 0 bridgehead atoms. The number of aldehydes is 1. The first kappa shape index (κ1) is 13.6. The minimum Gasteiger partial charge on any atom is -0.748 e. The number of allylic oxidation sites excluding steroid dienone is 1. The van der Waals surface area contributed by atoms with Crippen LogP contribution in [-0.4, -0.2) is 6.29 Å². The number of carbonyl (C=O) groups excluding carboxylic acids is 1. The molecule has 0 amide bonds. The van der Waals surface area contributed by atoms with Gasteiger partial charge in [0, 0.05) is 17.1 Å². The smallest absolute Gasteiger partial charge is 0.0827 e. The van der Waals surface area contributed by atoms with Gasteiger partial charge in [-0.15, -0.1) is 12.1 Å². The van der Waals surface area contributed by atoms with Crippen molar-refractivity contribution in [2.24, 2.45) is 0 Å². The minimum atomic E-state index is 0. The van der Waals surface area contributed by atoms with E-state index in [-0.39, 0.29) is 17.1 Å². The molecule has 0 saturated carbocycles. The molecule has 0 unspecified atom stereocenters. The Bertz CT molecular complexity index is 340. The van der Waals surface area contributed by atoms with Crippen molar-refractivity contribution >= 4 is 11.9 Å². The van der Waals surface area contributed by atoms with Crippen LogP contribution in [-0.2, 0) is 21.9 Å². The van der Waals surface area contributed by atoms with Gasteiger partial charge in [0.1, 0.15) is 0 Å². The van der Waals surface area contributed by atoms with Gasteiger partial charge in [0.25, 0.3) is 0 Å². The van der Waals surface area contributed by atoms with Gasteiger partial charge < -0.3 is 35.1 Å². The van der Waals surface area contributed by atoms with Crippen LogP contribution < -0.4 is 0 Å². The van der Waals surface area contributed by atoms with Crippen LogP contribution in [0.5, 0.6) is 0 Å². The average Bonchev–Trinajstić information content (AvgIpc) is 2.91. The van der Waals surface area contributed by atoms with Crippen LogP contribution in [0.15, 0.2) is 61.2 Å². The monoisotopic (exact) mass is 240 g/mol. The van der Waals surface area contributed by atoms with Crippen molar-refractivity contribution in [1.29, 1.82) is 0 Å². The zero-order chi connectivity index (χ0) is 10.2. The Morgan fingerprint density at radius 1 is 1.07 bits per heavy atom. The van der Waals surface area contributed by atoms with Crippen molar-refractivity contribution in [3.63, 3.8) is 0 Å². The standard InChI is InChI=1S/C8H7O.C5H5.Fe/c1-7(6-9)8-4-2-3-5-8;1-2-4-5-3-1;/h2-6H,1H2;1-5H;/q-1;-5;. The first-order valence-corrected chi connectivity index (χ1v) is 4.37. The van der Waals surface area contributed by atoms with Crippen molar-refractivity contribution in [2.75, 3.05) is 0 Å². The molecule has 2 aromatic rings. The van der Waals surface area contributed by atoms with E-state index >= 15 is 0 Å². The fourth-order valence-corrected chi connectivity index (χ4v) is 0.977. The Morgan fingerprint density at radius 2 is 1.47 bits per heavy atom. The second-order valence-corrected chi connectivity index (χ2v) is 2.78. The summed E-state index contributed by atoms with van der Waals surface area (Å²) in [5, 5.41) is 0. The maximum absolute atomic E-state index is 10.1. The van der Waals surface area contributed by atoms with Gasteiger partial charge in [0.05, 0.1) is 6.29 Å². The van der Waals surface area contributed by atoms with Gasteiger partial charge >= 0.3 is 0 Å². The molecule has 0 aliphatic rings. The van der Waals surface area contributed by atoms with Crippen LogP contribution in [0.4, 0.5) is 0 Å². The summed E-state index contributed by atoms with van der Waals surface area (Å²) in [6, 6.07) is 17.5. The largest absolute Gasteiger partial charge is 0.748 e. The molecule has 0 aliphatic heterocycles. The molecule has 0 atom stereocenters. The number of hydrogen-bond donors (Lipinski definition) is 0. The molecule has 0 heterocycles. The van der Waals surface area contributed by atoms with Crippen LogP contribution in [0.2, 0.25) is 0 Å². The van der Waals surface area contributed by atoms with Crippen LogP contribution in [0, 0.1) is 0 Å². The summed E-state index contributed by atoms with van der Waals surface area (Å²) in [5.41, 5.74) is 1.45. The number of carbonyl (C=O) groups is 1. The first-order valence-electron chi connectivity index (χ1n) is 4.37. The molecule has 15 heavy (non-hydrogen) atoms. The van der Waals surface area contributed by atoms with E-state index in [0.29, 0.717) is 5.57 Å². The molecule has 0 radical (unpaired) electrons. The third-order valence-electron chi connectivity index (χ3n) is 1.73. The summed E-state index contributed by atoms with van der Waals surface area (Å²) in [6.45, 7) is 3.55. The molecule has 0 aromatic heterocycles. The number of rotatable bonds is 2. The average molecular weight is 240 g/mol. The van der Waals surface area contributed by atoms with Gasteiger partial charge in [-0.05, 0) is 0 Å². The molecule has 84 valence electrons. The van der Waals surface area contributed by atoms with E-state index < -0.39 is 0 Å². The summed E-state index contributed by atoms with van der Waals surface area (Å²) < 4.78 is 0. The Kier molecular flexibility index (Phi) is 7.25.